The van der Waals surface area contributed by atoms with Crippen molar-refractivity contribution in [3.63, 3.8) is 0 Å². The molecule has 0 radical (unpaired) electrons. The molecule has 62 valence electrons. The van der Waals surface area contributed by atoms with Gasteiger partial charge in [0.1, 0.15) is 0 Å². The van der Waals surface area contributed by atoms with Crippen molar-refractivity contribution >= 4 is 13.9 Å². The normalized spacial score (nSPS) is 12.3. The Kier molecular flexibility index (Phi) is 4.88. The summed E-state index contributed by atoms with van der Waals surface area (Å²) >= 11 is 0. The molecular formula is C6H10NO3P. The van der Waals surface area contributed by atoms with Crippen LogP contribution in [0.5, 0.6) is 0 Å². The first kappa shape index (κ1) is 10.4. The Morgan fingerprint density at radius 1 is 1.64 bits per heavy atom. The van der Waals surface area contributed by atoms with Crippen molar-refractivity contribution in [3.8, 4) is 5.75 Å². The SMILES string of the molecule is CC(C)[C@H](NC#P=O)C(=O)O. The number of nitrogens with one attached hydrogen (secondary N) is 1. The second-order valence-corrected chi connectivity index (χ2v) is 2.81. The summed E-state index contributed by atoms with van der Waals surface area (Å²) in [5, 5.41) is 11.0. The zero-order valence-electron chi connectivity index (χ0n) is 6.37. The number of hydrogen-bond donors (Lipinski definition) is 2. The van der Waals surface area contributed by atoms with E-state index in [2.05, 4.69) is 11.1 Å². The van der Waals surface area contributed by atoms with Crippen LogP contribution < -0.4 is 5.32 Å². The van der Waals surface area contributed by atoms with E-state index in [0.717, 1.165) is 0 Å². The van der Waals surface area contributed by atoms with Crippen molar-refractivity contribution in [1.29, 1.82) is 0 Å². The van der Waals surface area contributed by atoms with Crippen molar-refractivity contribution in [2.24, 2.45) is 5.92 Å². The molecule has 0 aliphatic carbocycles. The third kappa shape index (κ3) is 3.99. The van der Waals surface area contributed by atoms with Crippen molar-refractivity contribution < 1.29 is 14.5 Å². The molecule has 0 aliphatic rings. The van der Waals surface area contributed by atoms with Crippen LogP contribution in [0.3, 0.4) is 0 Å². The number of carbonyl (C=O) groups is 1. The zero-order chi connectivity index (χ0) is 8.85. The first-order valence-corrected chi connectivity index (χ1v) is 3.96. The molecule has 0 spiro atoms. The summed E-state index contributed by atoms with van der Waals surface area (Å²) in [4.78, 5) is 10.4. The summed E-state index contributed by atoms with van der Waals surface area (Å²) in [5.41, 5.74) is 0. The maximum absolute atomic E-state index is 10.4. The summed E-state index contributed by atoms with van der Waals surface area (Å²) in [6.45, 7) is 3.52. The molecule has 0 aromatic rings. The molecule has 4 nitrogen and oxygen atoms in total. The number of carboxylic acid groups (broad SMARTS) is 1. The molecule has 0 unspecified atom stereocenters. The summed E-state index contributed by atoms with van der Waals surface area (Å²) in [7, 11) is -0.324. The van der Waals surface area contributed by atoms with E-state index in [1.165, 1.54) is 0 Å². The number of aliphatic carboxylic acids is 1. The molecule has 0 heterocycles. The number of hydrogen-bond acceptors (Lipinski definition) is 3. The molecular weight excluding hydrogens is 165 g/mol. The van der Waals surface area contributed by atoms with E-state index in [0.29, 0.717) is 0 Å². The quantitative estimate of drug-likeness (QED) is 0.493. The van der Waals surface area contributed by atoms with E-state index in [-0.39, 0.29) is 13.8 Å². The molecule has 0 fully saturated rings. The monoisotopic (exact) mass is 175 g/mol. The van der Waals surface area contributed by atoms with Gasteiger partial charge in [0.05, 0.1) is 0 Å². The van der Waals surface area contributed by atoms with E-state index in [4.69, 9.17) is 5.11 Å². The van der Waals surface area contributed by atoms with Crippen LogP contribution in [-0.2, 0) is 9.36 Å². The van der Waals surface area contributed by atoms with E-state index in [9.17, 15) is 9.36 Å². The first-order chi connectivity index (χ1) is 5.09. The Hall–Kier alpha value is -0.560. The average Bonchev–Trinajstić information content (AvgIpc) is 1.87. The van der Waals surface area contributed by atoms with Gasteiger partial charge >= 0.3 is 65.2 Å². The van der Waals surface area contributed by atoms with Gasteiger partial charge in [-0.25, -0.2) is 0 Å². The van der Waals surface area contributed by atoms with Crippen molar-refractivity contribution in [1.82, 2.24) is 5.32 Å². The van der Waals surface area contributed by atoms with Crippen molar-refractivity contribution in [3.05, 3.63) is 0 Å². The predicted molar refractivity (Wildman–Crippen MR) is 40.9 cm³/mol. The standard InChI is InChI=1S/C6H10NO3P/c1-4(2)5(6(8)9)7-3-11-10/h4-5,7H,1-2H3,(H,8,9)/t5-/m0/s1. The Balaban J connectivity index is 4.18. The predicted octanol–water partition coefficient (Wildman–Crippen LogP) is 0.894. The second kappa shape index (κ2) is 5.14. The Morgan fingerprint density at radius 2 is 2.18 bits per heavy atom. The average molecular weight is 175 g/mol. The van der Waals surface area contributed by atoms with Gasteiger partial charge in [0.2, 0.25) is 0 Å². The third-order valence-corrected chi connectivity index (χ3v) is 1.42. The topological polar surface area (TPSA) is 66.4 Å². The molecule has 11 heavy (non-hydrogen) atoms. The molecule has 0 amide bonds. The van der Waals surface area contributed by atoms with Gasteiger partial charge in [-0.2, -0.15) is 0 Å². The molecule has 0 aromatic carbocycles. The minimum absolute atomic E-state index is 0.0539. The third-order valence-electron chi connectivity index (χ3n) is 1.20. The van der Waals surface area contributed by atoms with E-state index in [1.807, 2.05) is 0 Å². The summed E-state index contributed by atoms with van der Waals surface area (Å²) < 4.78 is 9.89. The van der Waals surface area contributed by atoms with Gasteiger partial charge in [-0.15, -0.1) is 0 Å². The summed E-state index contributed by atoms with van der Waals surface area (Å²) in [5.74, 6) is 1.18. The molecule has 2 N–H and O–H groups in total. The Morgan fingerprint density at radius 3 is 2.45 bits per heavy atom. The Labute approximate surface area is 66.1 Å². The van der Waals surface area contributed by atoms with Crippen LogP contribution >= 0.6 is 7.92 Å². The zero-order valence-corrected chi connectivity index (χ0v) is 7.26. The molecule has 0 saturated carbocycles. The molecule has 0 aliphatic heterocycles. The minimum atomic E-state index is -0.962. The molecule has 0 aromatic heterocycles. The number of rotatable bonds is 3. The van der Waals surface area contributed by atoms with Gasteiger partial charge in [-0.3, -0.25) is 0 Å². The molecule has 0 rings (SSSR count). The van der Waals surface area contributed by atoms with Gasteiger partial charge in [-0.1, -0.05) is 0 Å². The maximum atomic E-state index is 10.4. The van der Waals surface area contributed by atoms with Crippen LogP contribution in [0.4, 0.5) is 0 Å². The van der Waals surface area contributed by atoms with Crippen LogP contribution in [-0.4, -0.2) is 17.1 Å². The van der Waals surface area contributed by atoms with Gasteiger partial charge < -0.3 is 0 Å². The molecule has 1 atom stereocenters. The molecule has 0 bridgehead atoms. The van der Waals surface area contributed by atoms with Crippen LogP contribution in [0.15, 0.2) is 0 Å². The van der Waals surface area contributed by atoms with Crippen molar-refractivity contribution in [2.75, 3.05) is 0 Å². The second-order valence-electron chi connectivity index (χ2n) is 2.41. The fourth-order valence-electron chi connectivity index (χ4n) is 0.609. The van der Waals surface area contributed by atoms with E-state index >= 15 is 0 Å². The van der Waals surface area contributed by atoms with E-state index in [1.54, 1.807) is 13.8 Å². The summed E-state index contributed by atoms with van der Waals surface area (Å²) in [6.07, 6.45) is 0. The van der Waals surface area contributed by atoms with Gasteiger partial charge in [-0.05, 0) is 0 Å². The van der Waals surface area contributed by atoms with Gasteiger partial charge in [0, 0.05) is 0 Å². The van der Waals surface area contributed by atoms with Crippen molar-refractivity contribution in [2.45, 2.75) is 19.9 Å². The van der Waals surface area contributed by atoms with E-state index < -0.39 is 12.0 Å². The van der Waals surface area contributed by atoms with Crippen LogP contribution in [0, 0.1) is 11.7 Å². The fourth-order valence-corrected chi connectivity index (χ4v) is 0.801. The summed E-state index contributed by atoms with van der Waals surface area (Å²) in [6, 6.07) is -0.712. The van der Waals surface area contributed by atoms with Gasteiger partial charge in [0.15, 0.2) is 0 Å². The number of carboxylic acids is 1. The fraction of sp³-hybridized carbons (Fsp3) is 0.667. The van der Waals surface area contributed by atoms with Crippen LogP contribution in [0.2, 0.25) is 0 Å². The first-order valence-electron chi connectivity index (χ1n) is 3.15. The molecule has 0 saturated heterocycles. The van der Waals surface area contributed by atoms with Crippen LogP contribution in [0.25, 0.3) is 0 Å². The van der Waals surface area contributed by atoms with Gasteiger partial charge in [0.25, 0.3) is 0 Å². The Bertz CT molecular complexity index is 231. The van der Waals surface area contributed by atoms with Crippen LogP contribution in [0.1, 0.15) is 13.8 Å². The molecule has 5 heteroatoms.